The van der Waals surface area contributed by atoms with Crippen molar-refractivity contribution >= 4 is 5.82 Å². The van der Waals surface area contributed by atoms with Crippen LogP contribution in [-0.2, 0) is 0 Å². The summed E-state index contributed by atoms with van der Waals surface area (Å²) in [5, 5.41) is 3.42. The number of aryl methyl sites for hydroxylation is 1. The summed E-state index contributed by atoms with van der Waals surface area (Å²) in [7, 11) is 0. The van der Waals surface area contributed by atoms with Crippen LogP contribution in [0.2, 0.25) is 0 Å². The fourth-order valence-electron chi connectivity index (χ4n) is 2.12. The first kappa shape index (κ1) is 9.44. The average molecular weight is 191 g/mol. The van der Waals surface area contributed by atoms with Gasteiger partial charge in [-0.15, -0.1) is 0 Å². The van der Waals surface area contributed by atoms with Crippen molar-refractivity contribution in [3.8, 4) is 0 Å². The van der Waals surface area contributed by atoms with Crippen LogP contribution < -0.4 is 5.32 Å². The third kappa shape index (κ3) is 2.03. The second-order valence-electron chi connectivity index (χ2n) is 4.96. The molecule has 1 N–H and O–H groups in total. The standard InChI is InChI=1S/C11H17N3/c1-8-4-10(13-7-12-8)14-9-5-11(2,3)6-9/h4,7,9H,5-6H2,1-3H3,(H,12,13,14). The van der Waals surface area contributed by atoms with Crippen molar-refractivity contribution < 1.29 is 0 Å². The molecule has 0 aromatic carbocycles. The molecule has 2 rings (SSSR count). The van der Waals surface area contributed by atoms with E-state index in [4.69, 9.17) is 0 Å². The summed E-state index contributed by atoms with van der Waals surface area (Å²) in [4.78, 5) is 8.26. The molecule has 0 amide bonds. The number of hydrogen-bond acceptors (Lipinski definition) is 3. The highest BCUT2D eigenvalue weighted by Crippen LogP contribution is 2.41. The molecule has 0 radical (unpaired) electrons. The SMILES string of the molecule is Cc1cc(NC2CC(C)(C)C2)ncn1. The summed E-state index contributed by atoms with van der Waals surface area (Å²) in [6.45, 7) is 6.59. The van der Waals surface area contributed by atoms with Crippen LogP contribution >= 0.6 is 0 Å². The van der Waals surface area contributed by atoms with Gasteiger partial charge in [0.25, 0.3) is 0 Å². The van der Waals surface area contributed by atoms with Crippen molar-refractivity contribution in [2.24, 2.45) is 5.41 Å². The summed E-state index contributed by atoms with van der Waals surface area (Å²) < 4.78 is 0. The Balaban J connectivity index is 1.93. The molecule has 1 aliphatic carbocycles. The first-order chi connectivity index (χ1) is 6.55. The zero-order valence-electron chi connectivity index (χ0n) is 9.04. The zero-order valence-corrected chi connectivity index (χ0v) is 9.04. The second kappa shape index (κ2) is 3.23. The van der Waals surface area contributed by atoms with E-state index in [0.717, 1.165) is 11.5 Å². The molecule has 1 aromatic rings. The topological polar surface area (TPSA) is 37.8 Å². The van der Waals surface area contributed by atoms with Gasteiger partial charge in [0.05, 0.1) is 0 Å². The van der Waals surface area contributed by atoms with Gasteiger partial charge in [0.1, 0.15) is 12.1 Å². The van der Waals surface area contributed by atoms with Gasteiger partial charge in [-0.1, -0.05) is 13.8 Å². The van der Waals surface area contributed by atoms with Crippen LogP contribution in [0.1, 0.15) is 32.4 Å². The molecule has 0 aliphatic heterocycles. The third-order valence-corrected chi connectivity index (χ3v) is 2.75. The molecule has 0 unspecified atom stereocenters. The zero-order chi connectivity index (χ0) is 10.2. The number of nitrogens with one attached hydrogen (secondary N) is 1. The number of rotatable bonds is 2. The normalized spacial score (nSPS) is 20.2. The van der Waals surface area contributed by atoms with Gasteiger partial charge in [0, 0.05) is 17.8 Å². The first-order valence-electron chi connectivity index (χ1n) is 5.10. The van der Waals surface area contributed by atoms with E-state index in [2.05, 4.69) is 29.1 Å². The van der Waals surface area contributed by atoms with Crippen LogP contribution in [0, 0.1) is 12.3 Å². The number of aromatic nitrogens is 2. The number of hydrogen-bond donors (Lipinski definition) is 1. The minimum Gasteiger partial charge on any atom is -0.367 e. The van der Waals surface area contributed by atoms with Crippen LogP contribution in [0.15, 0.2) is 12.4 Å². The number of anilines is 1. The Bertz CT molecular complexity index is 325. The summed E-state index contributed by atoms with van der Waals surface area (Å²) in [5.74, 6) is 0.956. The summed E-state index contributed by atoms with van der Waals surface area (Å²) in [6.07, 6.45) is 4.08. The molecule has 3 heteroatoms. The van der Waals surface area contributed by atoms with E-state index in [1.165, 1.54) is 12.8 Å². The van der Waals surface area contributed by atoms with Crippen LogP contribution in [0.4, 0.5) is 5.82 Å². The second-order valence-corrected chi connectivity index (χ2v) is 4.96. The lowest BCUT2D eigenvalue weighted by Crippen LogP contribution is -2.41. The molecule has 0 saturated heterocycles. The fourth-order valence-corrected chi connectivity index (χ4v) is 2.12. The Morgan fingerprint density at radius 2 is 2.07 bits per heavy atom. The Morgan fingerprint density at radius 1 is 1.36 bits per heavy atom. The molecule has 3 nitrogen and oxygen atoms in total. The monoisotopic (exact) mass is 191 g/mol. The molecular weight excluding hydrogens is 174 g/mol. The van der Waals surface area contributed by atoms with E-state index in [1.807, 2.05) is 13.0 Å². The molecule has 1 saturated carbocycles. The van der Waals surface area contributed by atoms with Gasteiger partial charge in [-0.05, 0) is 25.2 Å². The van der Waals surface area contributed by atoms with E-state index < -0.39 is 0 Å². The smallest absolute Gasteiger partial charge is 0.129 e. The summed E-state index contributed by atoms with van der Waals surface area (Å²) in [5.41, 5.74) is 1.53. The highest BCUT2D eigenvalue weighted by Gasteiger charge is 2.35. The van der Waals surface area contributed by atoms with Gasteiger partial charge in [0.15, 0.2) is 0 Å². The van der Waals surface area contributed by atoms with Crippen LogP contribution in [0.5, 0.6) is 0 Å². The largest absolute Gasteiger partial charge is 0.367 e. The molecule has 1 aliphatic rings. The van der Waals surface area contributed by atoms with Gasteiger partial charge in [-0.25, -0.2) is 9.97 Å². The van der Waals surface area contributed by atoms with Gasteiger partial charge in [-0.2, -0.15) is 0 Å². The molecule has 76 valence electrons. The molecule has 0 atom stereocenters. The maximum Gasteiger partial charge on any atom is 0.129 e. The fraction of sp³-hybridized carbons (Fsp3) is 0.636. The molecule has 14 heavy (non-hydrogen) atoms. The Kier molecular flexibility index (Phi) is 2.17. The van der Waals surface area contributed by atoms with Gasteiger partial charge >= 0.3 is 0 Å². The first-order valence-corrected chi connectivity index (χ1v) is 5.10. The lowest BCUT2D eigenvalue weighted by molar-refractivity contribution is 0.167. The van der Waals surface area contributed by atoms with E-state index in [-0.39, 0.29) is 0 Å². The molecule has 1 heterocycles. The predicted octanol–water partition coefficient (Wildman–Crippen LogP) is 2.39. The van der Waals surface area contributed by atoms with Crippen molar-refractivity contribution in [1.29, 1.82) is 0 Å². The van der Waals surface area contributed by atoms with Crippen LogP contribution in [-0.4, -0.2) is 16.0 Å². The van der Waals surface area contributed by atoms with E-state index in [0.29, 0.717) is 11.5 Å². The molecule has 1 aromatic heterocycles. The maximum absolute atomic E-state index is 4.19. The summed E-state index contributed by atoms with van der Waals surface area (Å²) in [6, 6.07) is 2.59. The van der Waals surface area contributed by atoms with Gasteiger partial charge in [-0.3, -0.25) is 0 Å². The average Bonchev–Trinajstić information content (AvgIpc) is 2.00. The highest BCUT2D eigenvalue weighted by molar-refractivity contribution is 5.36. The van der Waals surface area contributed by atoms with Gasteiger partial charge in [0.2, 0.25) is 0 Å². The van der Waals surface area contributed by atoms with Crippen LogP contribution in [0.3, 0.4) is 0 Å². The quantitative estimate of drug-likeness (QED) is 0.780. The van der Waals surface area contributed by atoms with E-state index in [9.17, 15) is 0 Å². The number of nitrogens with zero attached hydrogens (tertiary/aromatic N) is 2. The van der Waals surface area contributed by atoms with Crippen LogP contribution in [0.25, 0.3) is 0 Å². The third-order valence-electron chi connectivity index (χ3n) is 2.75. The predicted molar refractivity (Wildman–Crippen MR) is 57.2 cm³/mol. The van der Waals surface area contributed by atoms with Crippen molar-refractivity contribution in [1.82, 2.24) is 9.97 Å². The van der Waals surface area contributed by atoms with Crippen molar-refractivity contribution in [2.45, 2.75) is 39.7 Å². The minimum atomic E-state index is 0.514. The Labute approximate surface area is 85.0 Å². The lowest BCUT2D eigenvalue weighted by Gasteiger charge is -2.43. The molecule has 1 fully saturated rings. The summed E-state index contributed by atoms with van der Waals surface area (Å²) >= 11 is 0. The molecule has 0 bridgehead atoms. The van der Waals surface area contributed by atoms with E-state index in [1.54, 1.807) is 6.33 Å². The van der Waals surface area contributed by atoms with Gasteiger partial charge < -0.3 is 5.32 Å². The van der Waals surface area contributed by atoms with Crippen molar-refractivity contribution in [3.63, 3.8) is 0 Å². The molecular formula is C11H17N3. The highest BCUT2D eigenvalue weighted by atomic mass is 15.0. The Morgan fingerprint density at radius 3 is 2.64 bits per heavy atom. The maximum atomic E-state index is 4.19. The Hall–Kier alpha value is -1.12. The van der Waals surface area contributed by atoms with Crippen molar-refractivity contribution in [2.75, 3.05) is 5.32 Å². The lowest BCUT2D eigenvalue weighted by atomic mass is 9.68. The van der Waals surface area contributed by atoms with Crippen molar-refractivity contribution in [3.05, 3.63) is 18.1 Å². The van der Waals surface area contributed by atoms with E-state index >= 15 is 0 Å². The minimum absolute atomic E-state index is 0.514. The molecule has 0 spiro atoms.